The van der Waals surface area contributed by atoms with Gasteiger partial charge in [-0.3, -0.25) is 4.79 Å². The quantitative estimate of drug-likeness (QED) is 0.731. The van der Waals surface area contributed by atoms with Crippen molar-refractivity contribution in [3.05, 3.63) is 46.5 Å². The molecule has 82 valence electrons. The molecule has 0 heterocycles. The van der Waals surface area contributed by atoms with Crippen molar-refractivity contribution in [1.82, 2.24) is 0 Å². The fraction of sp³-hybridized carbons (Fsp3) is 0.231. The van der Waals surface area contributed by atoms with Crippen molar-refractivity contribution >= 4 is 11.8 Å². The topological polar surface area (TPSA) is 54.4 Å². The molecule has 0 radical (unpaired) electrons. The van der Waals surface area contributed by atoms with Crippen LogP contribution in [0.25, 0.3) is 0 Å². The minimum Gasteiger partial charge on any atom is -0.478 e. The van der Waals surface area contributed by atoms with Crippen LogP contribution < -0.4 is 0 Å². The number of hydrogen-bond donors (Lipinski definition) is 1. The van der Waals surface area contributed by atoms with Crippen molar-refractivity contribution in [3.63, 3.8) is 0 Å². The number of aryl methyl sites for hydroxylation is 2. The molecule has 0 aliphatic heterocycles. The first-order valence-corrected chi connectivity index (χ1v) is 5.15. The molecular formula is C13H12O3. The Morgan fingerprint density at radius 3 is 2.81 bits per heavy atom. The number of allylic oxidation sites excluding steroid dienone is 1. The van der Waals surface area contributed by atoms with Crippen LogP contribution in [0.4, 0.5) is 0 Å². The van der Waals surface area contributed by atoms with Gasteiger partial charge in [0.25, 0.3) is 0 Å². The summed E-state index contributed by atoms with van der Waals surface area (Å²) in [4.78, 5) is 22.5. The lowest BCUT2D eigenvalue weighted by Gasteiger charge is -2.17. The molecule has 3 nitrogen and oxygen atoms in total. The van der Waals surface area contributed by atoms with E-state index < -0.39 is 5.97 Å². The van der Waals surface area contributed by atoms with E-state index in [9.17, 15) is 9.59 Å². The summed E-state index contributed by atoms with van der Waals surface area (Å²) in [5.41, 5.74) is 3.18. The Hall–Kier alpha value is -1.90. The molecule has 1 N–H and O–H groups in total. The number of aliphatic carboxylic acids is 1. The van der Waals surface area contributed by atoms with E-state index in [2.05, 4.69) is 0 Å². The highest BCUT2D eigenvalue weighted by atomic mass is 16.4. The number of Topliss-reactive ketones (excluding diaryl/α,β-unsaturated/α-hetero) is 1. The molecule has 1 aliphatic rings. The normalized spacial score (nSPS) is 17.3. The summed E-state index contributed by atoms with van der Waals surface area (Å²) in [7, 11) is 0. The van der Waals surface area contributed by atoms with Crippen LogP contribution in [-0.4, -0.2) is 16.9 Å². The van der Waals surface area contributed by atoms with Crippen LogP contribution in [-0.2, 0) is 11.2 Å². The summed E-state index contributed by atoms with van der Waals surface area (Å²) in [6, 6.07) is 5.65. The lowest BCUT2D eigenvalue weighted by Crippen LogP contribution is -2.15. The van der Waals surface area contributed by atoms with Crippen LogP contribution in [0.3, 0.4) is 0 Å². The van der Waals surface area contributed by atoms with Gasteiger partial charge in [0, 0.05) is 17.2 Å². The molecule has 0 atom stereocenters. The third-order valence-corrected chi connectivity index (χ3v) is 2.76. The maximum absolute atomic E-state index is 11.9. The molecule has 0 aromatic heterocycles. The van der Waals surface area contributed by atoms with Gasteiger partial charge in [-0.05, 0) is 25.3 Å². The van der Waals surface area contributed by atoms with E-state index in [1.807, 2.05) is 19.1 Å². The van der Waals surface area contributed by atoms with E-state index >= 15 is 0 Å². The second-order valence-electron chi connectivity index (χ2n) is 4.00. The minimum absolute atomic E-state index is 0.149. The molecule has 0 saturated carbocycles. The first-order valence-electron chi connectivity index (χ1n) is 5.15. The van der Waals surface area contributed by atoms with Gasteiger partial charge in [-0.15, -0.1) is 0 Å². The van der Waals surface area contributed by atoms with Gasteiger partial charge < -0.3 is 5.11 Å². The monoisotopic (exact) mass is 216 g/mol. The number of benzene rings is 1. The van der Waals surface area contributed by atoms with Crippen molar-refractivity contribution in [2.24, 2.45) is 0 Å². The molecule has 3 heteroatoms. The lowest BCUT2D eigenvalue weighted by molar-refractivity contribution is -0.131. The van der Waals surface area contributed by atoms with Crippen molar-refractivity contribution in [3.8, 4) is 0 Å². The summed E-state index contributed by atoms with van der Waals surface area (Å²) in [6.45, 7) is 1.98. The molecule has 1 aromatic carbocycles. The highest BCUT2D eigenvalue weighted by Crippen LogP contribution is 2.25. The second-order valence-corrected chi connectivity index (χ2v) is 4.00. The smallest absolute Gasteiger partial charge is 0.328 e. The van der Waals surface area contributed by atoms with Gasteiger partial charge in [0.15, 0.2) is 5.78 Å². The second kappa shape index (κ2) is 3.93. The summed E-state index contributed by atoms with van der Waals surface area (Å²) < 4.78 is 0. The Morgan fingerprint density at radius 2 is 2.12 bits per heavy atom. The van der Waals surface area contributed by atoms with E-state index in [1.54, 1.807) is 6.07 Å². The molecule has 0 amide bonds. The van der Waals surface area contributed by atoms with Crippen LogP contribution in [0.5, 0.6) is 0 Å². The molecule has 0 unspecified atom stereocenters. The summed E-state index contributed by atoms with van der Waals surface area (Å²) in [6.07, 6.45) is 2.27. The molecule has 1 aliphatic carbocycles. The lowest BCUT2D eigenvalue weighted by atomic mass is 9.86. The van der Waals surface area contributed by atoms with E-state index in [-0.39, 0.29) is 5.78 Å². The molecule has 0 saturated heterocycles. The molecule has 0 fully saturated rings. The largest absolute Gasteiger partial charge is 0.478 e. The van der Waals surface area contributed by atoms with Crippen molar-refractivity contribution in [1.29, 1.82) is 0 Å². The van der Waals surface area contributed by atoms with Gasteiger partial charge in [-0.1, -0.05) is 23.8 Å². The van der Waals surface area contributed by atoms with Crippen LogP contribution in [0.15, 0.2) is 29.8 Å². The number of carboxylic acids is 1. The van der Waals surface area contributed by atoms with Gasteiger partial charge in [-0.25, -0.2) is 4.79 Å². The Kier molecular flexibility index (Phi) is 2.60. The Labute approximate surface area is 93.4 Å². The van der Waals surface area contributed by atoms with E-state index in [0.29, 0.717) is 17.6 Å². The first-order chi connectivity index (χ1) is 7.58. The van der Waals surface area contributed by atoms with Gasteiger partial charge >= 0.3 is 5.97 Å². The minimum atomic E-state index is -1.06. The summed E-state index contributed by atoms with van der Waals surface area (Å²) in [5, 5.41) is 8.65. The van der Waals surface area contributed by atoms with Crippen molar-refractivity contribution < 1.29 is 14.7 Å². The number of carbonyl (C=O) groups is 2. The third-order valence-electron chi connectivity index (χ3n) is 2.76. The van der Waals surface area contributed by atoms with E-state index in [4.69, 9.17) is 5.11 Å². The van der Waals surface area contributed by atoms with Crippen molar-refractivity contribution in [2.75, 3.05) is 0 Å². The highest BCUT2D eigenvalue weighted by molar-refractivity contribution is 6.12. The molecular weight excluding hydrogens is 204 g/mol. The highest BCUT2D eigenvalue weighted by Gasteiger charge is 2.22. The Balaban J connectivity index is 2.44. The van der Waals surface area contributed by atoms with E-state index in [1.165, 1.54) is 0 Å². The van der Waals surface area contributed by atoms with Crippen molar-refractivity contribution in [2.45, 2.75) is 19.8 Å². The van der Waals surface area contributed by atoms with Crippen LogP contribution in [0, 0.1) is 6.92 Å². The Bertz CT molecular complexity index is 498. The van der Waals surface area contributed by atoms with Crippen LogP contribution in [0.1, 0.15) is 27.9 Å². The predicted molar refractivity (Wildman–Crippen MR) is 59.5 cm³/mol. The van der Waals surface area contributed by atoms with Gasteiger partial charge in [-0.2, -0.15) is 0 Å². The van der Waals surface area contributed by atoms with Crippen LogP contribution in [0.2, 0.25) is 0 Å². The molecule has 0 spiro atoms. The van der Waals surface area contributed by atoms with Gasteiger partial charge in [0.05, 0.1) is 0 Å². The maximum atomic E-state index is 11.9. The molecule has 0 bridgehead atoms. The zero-order valence-corrected chi connectivity index (χ0v) is 8.99. The first kappa shape index (κ1) is 10.6. The Morgan fingerprint density at radius 1 is 1.38 bits per heavy atom. The van der Waals surface area contributed by atoms with Crippen LogP contribution >= 0.6 is 0 Å². The number of carboxylic acid groups (broad SMARTS) is 1. The number of ketones is 1. The summed E-state index contributed by atoms with van der Waals surface area (Å²) >= 11 is 0. The number of fused-ring (bicyclic) bond motifs is 1. The number of rotatable bonds is 1. The molecule has 16 heavy (non-hydrogen) atoms. The van der Waals surface area contributed by atoms with Gasteiger partial charge in [0.1, 0.15) is 0 Å². The van der Waals surface area contributed by atoms with E-state index in [0.717, 1.165) is 23.6 Å². The predicted octanol–water partition coefficient (Wildman–Crippen LogP) is 2.13. The molecule has 1 aromatic rings. The number of hydrogen-bond acceptors (Lipinski definition) is 2. The molecule has 2 rings (SSSR count). The fourth-order valence-corrected chi connectivity index (χ4v) is 1.99. The SMILES string of the molecule is Cc1ccc2c(c1)CC/C(=C\C(=O)O)C2=O. The zero-order chi connectivity index (χ0) is 11.7. The maximum Gasteiger partial charge on any atom is 0.328 e. The third kappa shape index (κ3) is 1.89. The fourth-order valence-electron chi connectivity index (χ4n) is 1.99. The average Bonchev–Trinajstić information content (AvgIpc) is 2.22. The summed E-state index contributed by atoms with van der Waals surface area (Å²) in [5.74, 6) is -1.21. The average molecular weight is 216 g/mol. The van der Waals surface area contributed by atoms with Gasteiger partial charge in [0.2, 0.25) is 0 Å². The number of carbonyl (C=O) groups excluding carboxylic acids is 1. The standard InChI is InChI=1S/C13H12O3/c1-8-2-5-11-9(6-8)3-4-10(13(11)16)7-12(14)15/h2,5-7H,3-4H2,1H3,(H,14,15)/b10-7+. The zero-order valence-electron chi connectivity index (χ0n) is 8.99.